The Labute approximate surface area is 149 Å². The van der Waals surface area contributed by atoms with Gasteiger partial charge in [-0.1, -0.05) is 60.3 Å². The van der Waals surface area contributed by atoms with E-state index in [0.29, 0.717) is 17.6 Å². The van der Waals surface area contributed by atoms with Crippen molar-refractivity contribution in [2.24, 2.45) is 5.92 Å². The molecule has 1 aromatic carbocycles. The van der Waals surface area contributed by atoms with Crippen LogP contribution in [0.25, 0.3) is 0 Å². The smallest absolute Gasteiger partial charge is 0.237 e. The number of thioether (sulfide) groups is 1. The minimum absolute atomic E-state index is 0.515. The molecule has 2 aromatic heterocycles. The number of anilines is 2. The van der Waals surface area contributed by atoms with Gasteiger partial charge >= 0.3 is 0 Å². The van der Waals surface area contributed by atoms with Gasteiger partial charge in [0.25, 0.3) is 0 Å². The zero-order valence-electron chi connectivity index (χ0n) is 13.8. The fourth-order valence-corrected chi connectivity index (χ4v) is 3.67. The Kier molecular flexibility index (Phi) is 5.47. The van der Waals surface area contributed by atoms with Crippen molar-refractivity contribution >= 4 is 33.9 Å². The molecule has 0 aliphatic carbocycles. The molecular formula is C16H19N5OS2. The topological polar surface area (TPSA) is 76.7 Å². The van der Waals surface area contributed by atoms with Gasteiger partial charge in [0.05, 0.1) is 5.75 Å². The predicted octanol–water partition coefficient (Wildman–Crippen LogP) is 4.46. The molecule has 0 aliphatic rings. The third kappa shape index (κ3) is 4.55. The van der Waals surface area contributed by atoms with Crippen molar-refractivity contribution < 1.29 is 4.52 Å². The summed E-state index contributed by atoms with van der Waals surface area (Å²) in [5.41, 5.74) is 2.21. The van der Waals surface area contributed by atoms with E-state index in [1.807, 2.05) is 18.2 Å². The van der Waals surface area contributed by atoms with E-state index in [0.717, 1.165) is 27.4 Å². The number of nitrogens with one attached hydrogen (secondary N) is 1. The van der Waals surface area contributed by atoms with Crippen LogP contribution in [0.1, 0.15) is 31.1 Å². The van der Waals surface area contributed by atoms with Crippen LogP contribution < -0.4 is 5.32 Å². The molecule has 3 aromatic rings. The summed E-state index contributed by atoms with van der Waals surface area (Å²) in [5, 5.41) is 16.4. The maximum Gasteiger partial charge on any atom is 0.237 e. The molecule has 1 N–H and O–H groups in total. The van der Waals surface area contributed by atoms with Gasteiger partial charge in [-0.15, -0.1) is 10.2 Å². The van der Waals surface area contributed by atoms with E-state index in [9.17, 15) is 0 Å². The molecular weight excluding hydrogens is 342 g/mol. The first-order valence-corrected chi connectivity index (χ1v) is 9.51. The summed E-state index contributed by atoms with van der Waals surface area (Å²) in [6.45, 7) is 6.33. The lowest BCUT2D eigenvalue weighted by Crippen LogP contribution is -1.96. The molecule has 24 heavy (non-hydrogen) atoms. The van der Waals surface area contributed by atoms with Gasteiger partial charge in [-0.3, -0.25) is 0 Å². The van der Waals surface area contributed by atoms with Gasteiger partial charge in [0.1, 0.15) is 0 Å². The van der Waals surface area contributed by atoms with E-state index < -0.39 is 0 Å². The molecule has 8 heteroatoms. The Morgan fingerprint density at radius 1 is 1.25 bits per heavy atom. The van der Waals surface area contributed by atoms with Crippen LogP contribution in [-0.2, 0) is 12.2 Å². The molecule has 0 saturated carbocycles. The minimum Gasteiger partial charge on any atom is -0.338 e. The number of hydrogen-bond donors (Lipinski definition) is 1. The van der Waals surface area contributed by atoms with Gasteiger partial charge in [0.15, 0.2) is 10.2 Å². The van der Waals surface area contributed by atoms with Crippen LogP contribution >= 0.6 is 23.1 Å². The van der Waals surface area contributed by atoms with Crippen LogP contribution in [0, 0.1) is 12.8 Å². The lowest BCUT2D eigenvalue weighted by Gasteiger charge is -2.04. The Morgan fingerprint density at radius 3 is 2.88 bits per heavy atom. The van der Waals surface area contributed by atoms with Gasteiger partial charge in [0.2, 0.25) is 11.0 Å². The quantitative estimate of drug-likeness (QED) is 0.622. The normalized spacial score (nSPS) is 11.2. The summed E-state index contributed by atoms with van der Waals surface area (Å²) < 4.78 is 6.13. The van der Waals surface area contributed by atoms with Crippen molar-refractivity contribution in [1.82, 2.24) is 20.3 Å². The van der Waals surface area contributed by atoms with Crippen LogP contribution in [0.15, 0.2) is 33.1 Å². The summed E-state index contributed by atoms with van der Waals surface area (Å²) in [6, 6.07) is 8.10. The summed E-state index contributed by atoms with van der Waals surface area (Å²) in [6.07, 6.45) is 0.831. The summed E-state index contributed by atoms with van der Waals surface area (Å²) >= 11 is 3.06. The summed E-state index contributed by atoms with van der Waals surface area (Å²) in [5.74, 6) is 2.50. The average Bonchev–Trinajstić information content (AvgIpc) is 3.16. The number of hydrogen-bond acceptors (Lipinski definition) is 8. The zero-order valence-corrected chi connectivity index (χ0v) is 15.4. The van der Waals surface area contributed by atoms with Gasteiger partial charge < -0.3 is 9.84 Å². The Balaban J connectivity index is 1.56. The molecule has 0 aliphatic heterocycles. The van der Waals surface area contributed by atoms with Gasteiger partial charge in [-0.2, -0.15) is 4.98 Å². The van der Waals surface area contributed by atoms with Crippen molar-refractivity contribution in [3.05, 3.63) is 41.5 Å². The Hall–Kier alpha value is -1.93. The van der Waals surface area contributed by atoms with E-state index >= 15 is 0 Å². The molecule has 0 unspecified atom stereocenters. The van der Waals surface area contributed by atoms with Crippen molar-refractivity contribution in [3.63, 3.8) is 0 Å². The van der Waals surface area contributed by atoms with Crippen LogP contribution in [-0.4, -0.2) is 20.3 Å². The first kappa shape index (κ1) is 16.9. The standard InChI is InChI=1S/C16H19N5OS2/c1-10(2)8-13-18-14(22-21-13)9-23-16-20-19-15(24-16)17-12-7-5-4-6-11(12)3/h4-7,10H,8-9H2,1-3H3,(H,17,19). The molecule has 126 valence electrons. The molecule has 0 spiro atoms. The minimum atomic E-state index is 0.515. The zero-order chi connectivity index (χ0) is 16.9. The fourth-order valence-electron chi connectivity index (χ4n) is 2.07. The number of aromatic nitrogens is 4. The Bertz CT molecular complexity index is 799. The van der Waals surface area contributed by atoms with Crippen molar-refractivity contribution in [2.45, 2.75) is 37.3 Å². The second-order valence-corrected chi connectivity index (χ2v) is 8.00. The number of rotatable bonds is 7. The van der Waals surface area contributed by atoms with Crippen molar-refractivity contribution in [3.8, 4) is 0 Å². The second kappa shape index (κ2) is 7.76. The molecule has 3 rings (SSSR count). The highest BCUT2D eigenvalue weighted by atomic mass is 32.2. The van der Waals surface area contributed by atoms with Crippen LogP contribution in [0.4, 0.5) is 10.8 Å². The largest absolute Gasteiger partial charge is 0.338 e. The SMILES string of the molecule is Cc1ccccc1Nc1nnc(SCc2nc(CC(C)C)no2)s1. The van der Waals surface area contributed by atoms with E-state index in [4.69, 9.17) is 4.52 Å². The van der Waals surface area contributed by atoms with Crippen LogP contribution in [0.3, 0.4) is 0 Å². The lowest BCUT2D eigenvalue weighted by molar-refractivity contribution is 0.382. The van der Waals surface area contributed by atoms with Crippen molar-refractivity contribution in [2.75, 3.05) is 5.32 Å². The van der Waals surface area contributed by atoms with Gasteiger partial charge in [0, 0.05) is 12.1 Å². The maximum absolute atomic E-state index is 5.26. The molecule has 2 heterocycles. The second-order valence-electron chi connectivity index (χ2n) is 5.80. The third-order valence-corrected chi connectivity index (χ3v) is 5.17. The molecule has 0 fully saturated rings. The highest BCUT2D eigenvalue weighted by molar-refractivity contribution is 8.00. The predicted molar refractivity (Wildman–Crippen MR) is 96.8 cm³/mol. The van der Waals surface area contributed by atoms with E-state index in [1.165, 1.54) is 16.9 Å². The fraction of sp³-hybridized carbons (Fsp3) is 0.375. The third-order valence-electron chi connectivity index (χ3n) is 3.21. The number of para-hydroxylation sites is 1. The highest BCUT2D eigenvalue weighted by Gasteiger charge is 2.11. The average molecular weight is 361 g/mol. The van der Waals surface area contributed by atoms with Gasteiger partial charge in [-0.05, 0) is 24.5 Å². The number of aryl methyl sites for hydroxylation is 1. The first-order chi connectivity index (χ1) is 11.6. The van der Waals surface area contributed by atoms with E-state index in [1.54, 1.807) is 11.8 Å². The summed E-state index contributed by atoms with van der Waals surface area (Å²) in [7, 11) is 0. The van der Waals surface area contributed by atoms with Crippen LogP contribution in [0.2, 0.25) is 0 Å². The monoisotopic (exact) mass is 361 g/mol. The molecule has 0 radical (unpaired) electrons. The van der Waals surface area contributed by atoms with Gasteiger partial charge in [-0.25, -0.2) is 0 Å². The van der Waals surface area contributed by atoms with E-state index in [2.05, 4.69) is 52.5 Å². The number of nitrogens with zero attached hydrogens (tertiary/aromatic N) is 4. The molecule has 0 bridgehead atoms. The lowest BCUT2D eigenvalue weighted by atomic mass is 10.1. The van der Waals surface area contributed by atoms with Crippen molar-refractivity contribution in [1.29, 1.82) is 0 Å². The molecule has 0 atom stereocenters. The maximum atomic E-state index is 5.26. The highest BCUT2D eigenvalue weighted by Crippen LogP contribution is 2.30. The summed E-state index contributed by atoms with van der Waals surface area (Å²) in [4.78, 5) is 4.39. The Morgan fingerprint density at radius 2 is 2.08 bits per heavy atom. The molecule has 0 amide bonds. The molecule has 0 saturated heterocycles. The van der Waals surface area contributed by atoms with Crippen LogP contribution in [0.5, 0.6) is 0 Å². The number of benzene rings is 1. The molecule has 6 nitrogen and oxygen atoms in total. The first-order valence-electron chi connectivity index (χ1n) is 7.70. The van der Waals surface area contributed by atoms with E-state index in [-0.39, 0.29) is 0 Å².